The molecule has 0 saturated heterocycles. The summed E-state index contributed by atoms with van der Waals surface area (Å²) in [4.78, 5) is 0. The SMILES string of the molecule is Cn1nccc1S(=O)(=O)NC(c1cccc(Cl)c1)C1CCCC1. The summed E-state index contributed by atoms with van der Waals surface area (Å²) in [5, 5.41) is 4.74. The van der Waals surface area contributed by atoms with Crippen molar-refractivity contribution >= 4 is 21.6 Å². The summed E-state index contributed by atoms with van der Waals surface area (Å²) in [7, 11) is -2.01. The predicted molar refractivity (Wildman–Crippen MR) is 89.7 cm³/mol. The van der Waals surface area contributed by atoms with Gasteiger partial charge in [0.25, 0.3) is 10.0 Å². The third-order valence-electron chi connectivity index (χ3n) is 4.41. The lowest BCUT2D eigenvalue weighted by molar-refractivity contribution is 0.409. The zero-order chi connectivity index (χ0) is 16.4. The quantitative estimate of drug-likeness (QED) is 0.897. The normalized spacial score (nSPS) is 17.5. The number of nitrogens with zero attached hydrogens (tertiary/aromatic N) is 2. The molecule has 1 fully saturated rings. The van der Waals surface area contributed by atoms with Gasteiger partial charge in [0.1, 0.15) is 0 Å². The second kappa shape index (κ2) is 6.63. The van der Waals surface area contributed by atoms with Gasteiger partial charge in [0, 0.05) is 18.1 Å². The van der Waals surface area contributed by atoms with Crippen molar-refractivity contribution in [3.63, 3.8) is 0 Å². The molecule has 1 heterocycles. The predicted octanol–water partition coefficient (Wildman–Crippen LogP) is 3.28. The molecule has 2 aromatic rings. The smallest absolute Gasteiger partial charge is 0.256 e. The summed E-state index contributed by atoms with van der Waals surface area (Å²) in [6.07, 6.45) is 5.79. The molecule has 1 unspecified atom stereocenters. The van der Waals surface area contributed by atoms with Crippen molar-refractivity contribution in [1.29, 1.82) is 0 Å². The molecule has 1 aliphatic rings. The molecule has 0 aliphatic heterocycles. The van der Waals surface area contributed by atoms with E-state index < -0.39 is 10.0 Å². The number of rotatable bonds is 5. The van der Waals surface area contributed by atoms with Gasteiger partial charge in [-0.05, 0) is 42.5 Å². The molecular formula is C16H20ClN3O2S. The lowest BCUT2D eigenvalue weighted by atomic mass is 9.92. The van der Waals surface area contributed by atoms with Gasteiger partial charge in [0.05, 0.1) is 6.20 Å². The highest BCUT2D eigenvalue weighted by atomic mass is 35.5. The van der Waals surface area contributed by atoms with Crippen LogP contribution in [-0.2, 0) is 17.1 Å². The van der Waals surface area contributed by atoms with Gasteiger partial charge in [0.2, 0.25) is 0 Å². The average Bonchev–Trinajstić information content (AvgIpc) is 3.16. The minimum absolute atomic E-state index is 0.169. The highest BCUT2D eigenvalue weighted by Crippen LogP contribution is 2.37. The molecule has 1 aromatic heterocycles. The summed E-state index contributed by atoms with van der Waals surface area (Å²) >= 11 is 6.10. The Balaban J connectivity index is 1.94. The van der Waals surface area contributed by atoms with Crippen molar-refractivity contribution in [1.82, 2.24) is 14.5 Å². The van der Waals surface area contributed by atoms with Crippen LogP contribution in [0.3, 0.4) is 0 Å². The molecule has 1 N–H and O–H groups in total. The Morgan fingerprint density at radius 2 is 2.04 bits per heavy atom. The lowest BCUT2D eigenvalue weighted by Gasteiger charge is -2.25. The third-order valence-corrected chi connectivity index (χ3v) is 6.16. The Morgan fingerprint density at radius 1 is 1.30 bits per heavy atom. The van der Waals surface area contributed by atoms with Crippen LogP contribution < -0.4 is 4.72 Å². The van der Waals surface area contributed by atoms with Crippen LogP contribution in [0.1, 0.15) is 37.3 Å². The zero-order valence-corrected chi connectivity index (χ0v) is 14.5. The lowest BCUT2D eigenvalue weighted by Crippen LogP contribution is -2.33. The molecule has 1 saturated carbocycles. The summed E-state index contributed by atoms with van der Waals surface area (Å²) in [6.45, 7) is 0. The zero-order valence-electron chi connectivity index (χ0n) is 12.9. The summed E-state index contributed by atoms with van der Waals surface area (Å²) in [6, 6.07) is 8.67. The largest absolute Gasteiger partial charge is 0.258 e. The maximum atomic E-state index is 12.7. The number of hydrogen-bond acceptors (Lipinski definition) is 3. The number of aromatic nitrogens is 2. The maximum Gasteiger partial charge on any atom is 0.258 e. The van der Waals surface area contributed by atoms with Gasteiger partial charge < -0.3 is 0 Å². The minimum atomic E-state index is -3.64. The molecule has 7 heteroatoms. The first-order chi connectivity index (χ1) is 11.0. The van der Waals surface area contributed by atoms with E-state index in [1.165, 1.54) is 16.9 Å². The van der Waals surface area contributed by atoms with Gasteiger partial charge in [-0.1, -0.05) is 36.6 Å². The first-order valence-corrected chi connectivity index (χ1v) is 9.59. The van der Waals surface area contributed by atoms with Gasteiger partial charge in [-0.15, -0.1) is 0 Å². The van der Waals surface area contributed by atoms with Crippen LogP contribution in [0.4, 0.5) is 0 Å². The number of hydrogen-bond donors (Lipinski definition) is 1. The van der Waals surface area contributed by atoms with Gasteiger partial charge in [-0.25, -0.2) is 13.1 Å². The molecule has 3 rings (SSSR count). The molecular weight excluding hydrogens is 334 g/mol. The standard InChI is InChI=1S/C16H20ClN3O2S/c1-20-15(9-10-18-20)23(21,22)19-16(12-5-2-3-6-12)13-7-4-8-14(17)11-13/h4,7-12,16,19H,2-3,5-6H2,1H3. The summed E-state index contributed by atoms with van der Waals surface area (Å²) in [5.74, 6) is 0.288. The van der Waals surface area contributed by atoms with Crippen molar-refractivity contribution in [2.24, 2.45) is 13.0 Å². The van der Waals surface area contributed by atoms with E-state index in [4.69, 9.17) is 11.6 Å². The topological polar surface area (TPSA) is 64.0 Å². The highest BCUT2D eigenvalue weighted by Gasteiger charge is 2.31. The molecule has 5 nitrogen and oxygen atoms in total. The molecule has 0 amide bonds. The average molecular weight is 354 g/mol. The Labute approximate surface area is 141 Å². The van der Waals surface area contributed by atoms with Crippen LogP contribution in [0.5, 0.6) is 0 Å². The molecule has 0 radical (unpaired) electrons. The van der Waals surface area contributed by atoms with Crippen molar-refractivity contribution in [2.75, 3.05) is 0 Å². The van der Waals surface area contributed by atoms with Gasteiger partial charge in [0.15, 0.2) is 5.03 Å². The summed E-state index contributed by atoms with van der Waals surface area (Å²) in [5.41, 5.74) is 0.912. The van der Waals surface area contributed by atoms with Crippen molar-refractivity contribution in [2.45, 2.75) is 36.8 Å². The fourth-order valence-electron chi connectivity index (χ4n) is 3.28. The van der Waals surface area contributed by atoms with Gasteiger partial charge in [-0.3, -0.25) is 4.68 Å². The molecule has 124 valence electrons. The first kappa shape index (κ1) is 16.5. The third kappa shape index (κ3) is 3.59. The number of nitrogens with one attached hydrogen (secondary N) is 1. The second-order valence-electron chi connectivity index (χ2n) is 5.99. The van der Waals surface area contributed by atoms with Crippen LogP contribution in [0.2, 0.25) is 5.02 Å². The van der Waals surface area contributed by atoms with E-state index in [0.29, 0.717) is 5.02 Å². The molecule has 0 bridgehead atoms. The van der Waals surface area contributed by atoms with Gasteiger partial charge in [-0.2, -0.15) is 5.10 Å². The highest BCUT2D eigenvalue weighted by molar-refractivity contribution is 7.89. The van der Waals surface area contributed by atoms with Crippen molar-refractivity contribution in [3.8, 4) is 0 Å². The Bertz CT molecular complexity index is 782. The van der Waals surface area contributed by atoms with E-state index in [0.717, 1.165) is 31.2 Å². The van der Waals surface area contributed by atoms with E-state index in [1.807, 2.05) is 18.2 Å². The fourth-order valence-corrected chi connectivity index (χ4v) is 4.90. The summed E-state index contributed by atoms with van der Waals surface area (Å²) < 4.78 is 29.7. The molecule has 1 aliphatic carbocycles. The van der Waals surface area contributed by atoms with Crippen LogP contribution >= 0.6 is 11.6 Å². The van der Waals surface area contributed by atoms with Crippen LogP contribution in [0.15, 0.2) is 41.6 Å². The Hall–Kier alpha value is -1.37. The van der Waals surface area contributed by atoms with E-state index in [2.05, 4.69) is 9.82 Å². The van der Waals surface area contributed by atoms with Crippen LogP contribution in [-0.4, -0.2) is 18.2 Å². The van der Waals surface area contributed by atoms with E-state index in [-0.39, 0.29) is 17.0 Å². The van der Waals surface area contributed by atoms with Crippen LogP contribution in [0, 0.1) is 5.92 Å². The fraction of sp³-hybridized carbons (Fsp3) is 0.438. The van der Waals surface area contributed by atoms with Crippen molar-refractivity contribution < 1.29 is 8.42 Å². The number of halogens is 1. The monoisotopic (exact) mass is 353 g/mol. The van der Waals surface area contributed by atoms with Gasteiger partial charge >= 0.3 is 0 Å². The number of sulfonamides is 1. The van der Waals surface area contributed by atoms with Crippen LogP contribution in [0.25, 0.3) is 0 Å². The number of aryl methyl sites for hydroxylation is 1. The maximum absolute atomic E-state index is 12.7. The molecule has 23 heavy (non-hydrogen) atoms. The van der Waals surface area contributed by atoms with Crippen molar-refractivity contribution in [3.05, 3.63) is 47.1 Å². The Kier molecular flexibility index (Phi) is 4.75. The Morgan fingerprint density at radius 3 is 2.65 bits per heavy atom. The molecule has 1 aromatic carbocycles. The van der Waals surface area contributed by atoms with E-state index >= 15 is 0 Å². The van der Waals surface area contributed by atoms with E-state index in [1.54, 1.807) is 13.1 Å². The van der Waals surface area contributed by atoms with E-state index in [9.17, 15) is 8.42 Å². The second-order valence-corrected chi connectivity index (χ2v) is 8.09. The minimum Gasteiger partial charge on any atom is -0.256 e. The first-order valence-electron chi connectivity index (χ1n) is 7.73. The number of benzene rings is 1. The molecule has 0 spiro atoms. The molecule has 1 atom stereocenters.